The van der Waals surface area contributed by atoms with Gasteiger partial charge in [0.15, 0.2) is 0 Å². The average Bonchev–Trinajstić information content (AvgIpc) is 0.810. The fourth-order valence-corrected chi connectivity index (χ4v) is 12.7. The van der Waals surface area contributed by atoms with Crippen molar-refractivity contribution >= 4 is 82.5 Å². The molecule has 0 unspecified atom stereocenters. The number of rotatable bonds is 21. The number of ketones is 1. The van der Waals surface area contributed by atoms with Crippen molar-refractivity contribution in [3.05, 3.63) is 12.2 Å². The predicted molar refractivity (Wildman–Crippen MR) is 366 cm³/mol. The smallest absolute Gasteiger partial charge is 0.246 e. The third-order valence-corrected chi connectivity index (χ3v) is 18.6. The van der Waals surface area contributed by atoms with Crippen LogP contribution in [-0.4, -0.2) is 254 Å². The standard InChI is InChI=1S/C68H121N11O14S/c1-26-28-30-43(13)56(81)55-60(85)71-47(27-2)62(87)77(23)52(37-94-32-29-31-44(14)80)65(90)76(22)51(36-68(17,18)93)59(84)72-53(41(9)10)66(91)73(19)48(33-38(3)4)58(83)69-45(15)57(82)70-46(16)61(86)74(20)49(34-39(5)6)63(88)75(21)50(35-40(7)8)64(89)78(24)54(42(11)12)67(92)79(55)25/h26,28,38-43,45-56,81,93H,27,29-37H2,1-25H3,(H,69,83)(H,70,82)(H,71,85)(H,72,84)/b28-26+/t43-,45+,46-,47+,48+,49+,50+,51+,52-,53+,54+,55+,56-/m1/s1. The summed E-state index contributed by atoms with van der Waals surface area (Å²) in [5.74, 6) is -10.3. The van der Waals surface area contributed by atoms with Crippen LogP contribution in [0.1, 0.15) is 176 Å². The molecule has 1 saturated heterocycles. The Morgan fingerprint density at radius 2 is 0.968 bits per heavy atom. The highest BCUT2D eigenvalue weighted by Gasteiger charge is 2.47. The van der Waals surface area contributed by atoms with Crippen LogP contribution in [-0.2, 0) is 57.5 Å². The Labute approximate surface area is 566 Å². The van der Waals surface area contributed by atoms with Crippen LogP contribution in [0.4, 0.5) is 0 Å². The summed E-state index contributed by atoms with van der Waals surface area (Å²) in [5.41, 5.74) is -1.61. The van der Waals surface area contributed by atoms with Crippen molar-refractivity contribution in [2.24, 2.45) is 35.5 Å². The lowest BCUT2D eigenvalue weighted by Crippen LogP contribution is -2.64. The van der Waals surface area contributed by atoms with Gasteiger partial charge in [-0.2, -0.15) is 11.8 Å². The van der Waals surface area contributed by atoms with E-state index in [1.807, 2.05) is 41.5 Å². The van der Waals surface area contributed by atoms with E-state index in [1.54, 1.807) is 60.6 Å². The second-order valence-electron chi connectivity index (χ2n) is 28.6. The first-order chi connectivity index (χ1) is 43.3. The van der Waals surface area contributed by atoms with Crippen molar-refractivity contribution in [3.8, 4) is 0 Å². The molecule has 0 saturated carbocycles. The number of hydrogen-bond donors (Lipinski definition) is 6. The van der Waals surface area contributed by atoms with Gasteiger partial charge >= 0.3 is 0 Å². The Balaban J connectivity index is 4.57. The number of likely N-dealkylation sites (N-methyl/N-ethyl adjacent to an activating group) is 7. The van der Waals surface area contributed by atoms with E-state index in [0.717, 1.165) is 14.7 Å². The number of aliphatic hydroxyl groups is 2. The van der Waals surface area contributed by atoms with Gasteiger partial charge in [-0.05, 0) is 121 Å². The van der Waals surface area contributed by atoms with Gasteiger partial charge < -0.3 is 70.6 Å². The van der Waals surface area contributed by atoms with E-state index < -0.39 is 161 Å². The number of aliphatic hydroxyl groups excluding tert-OH is 1. The van der Waals surface area contributed by atoms with Crippen LogP contribution in [0, 0.1) is 35.5 Å². The van der Waals surface area contributed by atoms with Gasteiger partial charge in [0.1, 0.15) is 72.2 Å². The molecule has 26 heteroatoms. The van der Waals surface area contributed by atoms with E-state index in [2.05, 4.69) is 21.3 Å². The van der Waals surface area contributed by atoms with Crippen LogP contribution >= 0.6 is 11.8 Å². The summed E-state index contributed by atoms with van der Waals surface area (Å²) in [7, 11) is 9.73. The number of thioether (sulfide) groups is 1. The minimum Gasteiger partial charge on any atom is -0.390 e. The molecule has 0 aromatic heterocycles. The molecule has 0 bridgehead atoms. The van der Waals surface area contributed by atoms with E-state index >= 15 is 28.8 Å². The van der Waals surface area contributed by atoms with E-state index in [1.165, 1.54) is 115 Å². The quantitative estimate of drug-likeness (QED) is 0.0702. The highest BCUT2D eigenvalue weighted by Crippen LogP contribution is 2.27. The van der Waals surface area contributed by atoms with E-state index in [0.29, 0.717) is 12.2 Å². The fraction of sp³-hybridized carbons (Fsp3) is 0.794. The topological polar surface area (TPSA) is 316 Å². The summed E-state index contributed by atoms with van der Waals surface area (Å²) in [4.78, 5) is 184. The van der Waals surface area contributed by atoms with Crippen molar-refractivity contribution < 1.29 is 67.7 Å². The third kappa shape index (κ3) is 25.1. The third-order valence-electron chi connectivity index (χ3n) is 17.5. The molecule has 1 aliphatic heterocycles. The molecule has 0 aromatic carbocycles. The maximum Gasteiger partial charge on any atom is 0.246 e. The maximum absolute atomic E-state index is 15.3. The molecule has 1 aliphatic rings. The normalized spacial score (nSPS) is 26.4. The Morgan fingerprint density at radius 1 is 0.532 bits per heavy atom. The number of amides is 11. The van der Waals surface area contributed by atoms with Gasteiger partial charge in [0.25, 0.3) is 0 Å². The Morgan fingerprint density at radius 3 is 1.44 bits per heavy atom. The first kappa shape index (κ1) is 85.9. The van der Waals surface area contributed by atoms with Crippen LogP contribution < -0.4 is 21.3 Å². The lowest BCUT2D eigenvalue weighted by atomic mass is 9.91. The number of hydrogen-bond acceptors (Lipinski definition) is 15. The lowest BCUT2D eigenvalue weighted by Gasteiger charge is -2.41. The zero-order valence-electron chi connectivity index (χ0n) is 61.5. The predicted octanol–water partition coefficient (Wildman–Crippen LogP) is 3.85. The van der Waals surface area contributed by atoms with Crippen molar-refractivity contribution in [3.63, 3.8) is 0 Å². The summed E-state index contributed by atoms with van der Waals surface area (Å²) >= 11 is 1.27. The molecule has 0 aromatic rings. The lowest BCUT2D eigenvalue weighted by molar-refractivity contribution is -0.157. The van der Waals surface area contributed by atoms with Gasteiger partial charge in [0.2, 0.25) is 65.0 Å². The molecule has 538 valence electrons. The van der Waals surface area contributed by atoms with Crippen LogP contribution in [0.15, 0.2) is 12.2 Å². The number of Topliss-reactive ketones (excluding diaryl/α,β-unsaturated/α-hetero) is 1. The van der Waals surface area contributed by atoms with Crippen molar-refractivity contribution in [2.45, 2.75) is 254 Å². The summed E-state index contributed by atoms with van der Waals surface area (Å²) in [5, 5.41) is 34.6. The second-order valence-corrected chi connectivity index (χ2v) is 29.7. The van der Waals surface area contributed by atoms with Gasteiger partial charge in [-0.25, -0.2) is 0 Å². The van der Waals surface area contributed by atoms with E-state index in [4.69, 9.17) is 0 Å². The number of carbonyl (C=O) groups excluding carboxylic acids is 12. The summed E-state index contributed by atoms with van der Waals surface area (Å²) in [6.45, 7) is 30.2. The molecule has 11 amide bonds. The summed E-state index contributed by atoms with van der Waals surface area (Å²) < 4.78 is 0. The zero-order valence-corrected chi connectivity index (χ0v) is 62.3. The Kier molecular flexibility index (Phi) is 35.8. The highest BCUT2D eigenvalue weighted by atomic mass is 32.2. The molecule has 0 radical (unpaired) electrons. The largest absolute Gasteiger partial charge is 0.390 e. The Bertz CT molecular complexity index is 2610. The van der Waals surface area contributed by atoms with Crippen molar-refractivity contribution in [1.29, 1.82) is 0 Å². The minimum atomic E-state index is -1.68. The Hall–Kier alpha value is -6.15. The number of nitrogens with one attached hydrogen (secondary N) is 4. The van der Waals surface area contributed by atoms with E-state index in [9.17, 15) is 39.0 Å². The summed E-state index contributed by atoms with van der Waals surface area (Å²) in [6, 6.07) is -14.6. The van der Waals surface area contributed by atoms with Gasteiger partial charge in [-0.3, -0.25) is 52.7 Å². The van der Waals surface area contributed by atoms with Crippen molar-refractivity contribution in [1.82, 2.24) is 55.6 Å². The first-order valence-electron chi connectivity index (χ1n) is 33.5. The monoisotopic (exact) mass is 1350 g/mol. The molecule has 0 aliphatic carbocycles. The molecule has 1 heterocycles. The van der Waals surface area contributed by atoms with Crippen LogP contribution in [0.2, 0.25) is 0 Å². The number of allylic oxidation sites excluding steroid dienone is 2. The molecule has 94 heavy (non-hydrogen) atoms. The average molecular weight is 1350 g/mol. The number of nitrogens with zero attached hydrogens (tertiary/aromatic N) is 7. The maximum atomic E-state index is 15.3. The van der Waals surface area contributed by atoms with Gasteiger partial charge in [0, 0.05) is 67.9 Å². The molecular weight excluding hydrogens is 1230 g/mol. The number of carbonyl (C=O) groups is 12. The van der Waals surface area contributed by atoms with Crippen LogP contribution in [0.25, 0.3) is 0 Å². The van der Waals surface area contributed by atoms with Crippen LogP contribution in [0.3, 0.4) is 0 Å². The molecule has 25 nitrogen and oxygen atoms in total. The van der Waals surface area contributed by atoms with Gasteiger partial charge in [0.05, 0.1) is 11.7 Å². The molecule has 1 rings (SSSR count). The molecule has 13 atom stereocenters. The zero-order chi connectivity index (χ0) is 72.9. The minimum absolute atomic E-state index is 0.0493. The summed E-state index contributed by atoms with van der Waals surface area (Å²) in [6.07, 6.45) is 2.90. The molecule has 0 spiro atoms. The highest BCUT2D eigenvalue weighted by molar-refractivity contribution is 7.99. The second kappa shape index (κ2) is 39.2. The van der Waals surface area contributed by atoms with E-state index in [-0.39, 0.29) is 74.2 Å². The van der Waals surface area contributed by atoms with Crippen molar-refractivity contribution in [2.75, 3.05) is 60.8 Å². The molecule has 6 N–H and O–H groups in total. The first-order valence-corrected chi connectivity index (χ1v) is 34.7. The molecule has 1 fully saturated rings. The van der Waals surface area contributed by atoms with Gasteiger partial charge in [-0.1, -0.05) is 95.2 Å². The SMILES string of the molecule is C/C=C/C[C@@H](C)[C@@H](O)[C@H]1C(=O)N[C@@H](CC)C(=O)N(C)[C@H](CSCCCC(C)=O)C(=O)N(C)[C@@H](CC(C)(C)O)C(=O)N[C@@H](C(C)C)C(=O)N(C)[C@@H](CC(C)C)C(=O)N[C@@H](C)C(=O)N[C@H](C)C(=O)N(C)[C@@H](CC(C)C)C(=O)N(C)[C@@H](CC(C)C)C(=O)N(C)[C@@H](C(C)C)C(=O)N1C. The molecular formula is C68H121N11O14S. The van der Waals surface area contributed by atoms with Gasteiger partial charge in [-0.15, -0.1) is 0 Å². The fourth-order valence-electron chi connectivity index (χ4n) is 11.6. The van der Waals surface area contributed by atoms with Crippen LogP contribution in [0.5, 0.6) is 0 Å².